The predicted molar refractivity (Wildman–Crippen MR) is 113 cm³/mol. The van der Waals surface area contributed by atoms with Gasteiger partial charge in [0.25, 0.3) is 5.91 Å². The van der Waals surface area contributed by atoms with Gasteiger partial charge < -0.3 is 19.7 Å². The smallest absolute Gasteiger partial charge is 0.275 e. The number of rotatable bonds is 7. The fourth-order valence-electron chi connectivity index (χ4n) is 2.96. The number of carbonyl (C=O) groups excluding carboxylic acids is 1. The van der Waals surface area contributed by atoms with E-state index in [1.807, 2.05) is 36.9 Å². The summed E-state index contributed by atoms with van der Waals surface area (Å²) in [4.78, 5) is 23.3. The van der Waals surface area contributed by atoms with Gasteiger partial charge in [-0.25, -0.2) is 9.97 Å². The van der Waals surface area contributed by atoms with Crippen LogP contribution in [0.2, 0.25) is 0 Å². The van der Waals surface area contributed by atoms with Gasteiger partial charge >= 0.3 is 0 Å². The molecule has 0 atom stereocenters. The van der Waals surface area contributed by atoms with Gasteiger partial charge in [-0.15, -0.1) is 0 Å². The zero-order valence-corrected chi connectivity index (χ0v) is 17.0. The zero-order valence-electron chi connectivity index (χ0n) is 17.0. The highest BCUT2D eigenvalue weighted by Gasteiger charge is 2.14. The van der Waals surface area contributed by atoms with E-state index in [0.717, 1.165) is 12.2 Å². The van der Waals surface area contributed by atoms with Gasteiger partial charge in [-0.1, -0.05) is 12.1 Å². The number of carbonyl (C=O) groups is 1. The van der Waals surface area contributed by atoms with Crippen LogP contribution in [0.4, 0.5) is 17.2 Å². The van der Waals surface area contributed by atoms with Gasteiger partial charge in [0, 0.05) is 24.0 Å². The second-order valence-corrected chi connectivity index (χ2v) is 6.37. The third-order valence-corrected chi connectivity index (χ3v) is 4.42. The fraction of sp³-hybridized carbons (Fsp3) is 0.227. The Morgan fingerprint density at radius 1 is 1.03 bits per heavy atom. The number of amides is 1. The van der Waals surface area contributed by atoms with Crippen LogP contribution in [-0.4, -0.2) is 36.6 Å². The van der Waals surface area contributed by atoms with Crippen molar-refractivity contribution in [1.29, 1.82) is 0 Å². The Bertz CT molecular complexity index is 990. The van der Waals surface area contributed by atoms with E-state index in [9.17, 15) is 4.79 Å². The summed E-state index contributed by atoms with van der Waals surface area (Å²) >= 11 is 0. The molecule has 0 unspecified atom stereocenters. The van der Waals surface area contributed by atoms with Crippen LogP contribution in [0.15, 0.2) is 54.9 Å². The molecule has 7 nitrogen and oxygen atoms in total. The van der Waals surface area contributed by atoms with Crippen LogP contribution in [0.3, 0.4) is 0 Å². The molecule has 3 aromatic rings. The third-order valence-electron chi connectivity index (χ3n) is 4.42. The fourth-order valence-corrected chi connectivity index (χ4v) is 2.96. The molecule has 1 amide bonds. The van der Waals surface area contributed by atoms with Crippen molar-refractivity contribution in [3.8, 4) is 11.5 Å². The summed E-state index contributed by atoms with van der Waals surface area (Å²) in [5.41, 5.74) is 3.00. The van der Waals surface area contributed by atoms with Crippen molar-refractivity contribution in [2.45, 2.75) is 13.8 Å². The first-order valence-electron chi connectivity index (χ1n) is 9.25. The minimum Gasteiger partial charge on any atom is -0.493 e. The molecule has 3 rings (SSSR count). The second kappa shape index (κ2) is 9.05. The van der Waals surface area contributed by atoms with Crippen LogP contribution >= 0.6 is 0 Å². The standard InChI is InChI=1S/C22H24N4O3/c1-5-26(17-8-6-7-15(2)11-17)21-14-23-18(13-24-21)22(27)25-16-9-10-19(28-3)20(12-16)29-4/h6-14H,5H2,1-4H3,(H,25,27). The van der Waals surface area contributed by atoms with Crippen molar-refractivity contribution < 1.29 is 14.3 Å². The van der Waals surface area contributed by atoms with Crippen molar-refractivity contribution in [1.82, 2.24) is 9.97 Å². The van der Waals surface area contributed by atoms with Gasteiger partial charge in [0.1, 0.15) is 5.69 Å². The first-order valence-corrected chi connectivity index (χ1v) is 9.25. The number of nitrogens with one attached hydrogen (secondary N) is 1. The number of benzene rings is 2. The lowest BCUT2D eigenvalue weighted by Crippen LogP contribution is -2.19. The SMILES string of the molecule is CCN(c1cccc(C)c1)c1cnc(C(=O)Nc2ccc(OC)c(OC)c2)cn1. The van der Waals surface area contributed by atoms with E-state index >= 15 is 0 Å². The number of aromatic nitrogens is 2. The molecule has 1 aromatic heterocycles. The van der Waals surface area contributed by atoms with Crippen molar-refractivity contribution in [3.63, 3.8) is 0 Å². The van der Waals surface area contributed by atoms with Gasteiger partial charge in [0.05, 0.1) is 26.6 Å². The van der Waals surface area contributed by atoms with Crippen molar-refractivity contribution >= 4 is 23.1 Å². The van der Waals surface area contributed by atoms with Crippen LogP contribution in [0.25, 0.3) is 0 Å². The second-order valence-electron chi connectivity index (χ2n) is 6.37. The summed E-state index contributed by atoms with van der Waals surface area (Å²) in [5, 5.41) is 2.80. The maximum Gasteiger partial charge on any atom is 0.275 e. The maximum atomic E-state index is 12.5. The van der Waals surface area contributed by atoms with Gasteiger partial charge in [-0.05, 0) is 43.7 Å². The molecule has 0 radical (unpaired) electrons. The normalized spacial score (nSPS) is 10.3. The summed E-state index contributed by atoms with van der Waals surface area (Å²) in [6.45, 7) is 4.82. The summed E-state index contributed by atoms with van der Waals surface area (Å²) in [5.74, 6) is 1.45. The quantitative estimate of drug-likeness (QED) is 0.649. The van der Waals surface area contributed by atoms with Crippen molar-refractivity contribution in [3.05, 3.63) is 66.1 Å². The summed E-state index contributed by atoms with van der Waals surface area (Å²) in [7, 11) is 3.10. The molecular weight excluding hydrogens is 368 g/mol. The number of hydrogen-bond donors (Lipinski definition) is 1. The molecule has 0 aliphatic carbocycles. The molecule has 29 heavy (non-hydrogen) atoms. The van der Waals surface area contributed by atoms with Gasteiger partial charge in [0.2, 0.25) is 0 Å². The summed E-state index contributed by atoms with van der Waals surface area (Å²) < 4.78 is 10.5. The number of hydrogen-bond acceptors (Lipinski definition) is 6. The molecule has 0 aliphatic heterocycles. The molecule has 2 aromatic carbocycles. The van der Waals surface area contributed by atoms with Crippen molar-refractivity contribution in [2.75, 3.05) is 31.0 Å². The molecule has 0 saturated carbocycles. The largest absolute Gasteiger partial charge is 0.493 e. The van der Waals surface area contributed by atoms with Crippen LogP contribution < -0.4 is 19.7 Å². The van der Waals surface area contributed by atoms with Crippen LogP contribution in [-0.2, 0) is 0 Å². The molecule has 0 saturated heterocycles. The predicted octanol–water partition coefficient (Wildman–Crippen LogP) is 4.21. The highest BCUT2D eigenvalue weighted by atomic mass is 16.5. The topological polar surface area (TPSA) is 76.6 Å². The van der Waals surface area contributed by atoms with Crippen LogP contribution in [0.5, 0.6) is 11.5 Å². The lowest BCUT2D eigenvalue weighted by Gasteiger charge is -2.22. The lowest BCUT2D eigenvalue weighted by atomic mass is 10.2. The number of nitrogens with zero attached hydrogens (tertiary/aromatic N) is 3. The molecule has 0 bridgehead atoms. The van der Waals surface area contributed by atoms with Gasteiger partial charge in [-0.3, -0.25) is 4.79 Å². The van der Waals surface area contributed by atoms with Crippen LogP contribution in [0, 0.1) is 6.92 Å². The third kappa shape index (κ3) is 4.63. The summed E-state index contributed by atoms with van der Waals surface area (Å²) in [6.07, 6.45) is 3.08. The number of anilines is 3. The number of methoxy groups -OCH3 is 2. The Morgan fingerprint density at radius 3 is 2.45 bits per heavy atom. The van der Waals surface area contributed by atoms with E-state index in [2.05, 4.69) is 21.4 Å². The Hall–Kier alpha value is -3.61. The Labute approximate surface area is 170 Å². The van der Waals surface area contributed by atoms with E-state index in [4.69, 9.17) is 9.47 Å². The van der Waals surface area contributed by atoms with Gasteiger partial charge in [-0.2, -0.15) is 0 Å². The van der Waals surface area contributed by atoms with E-state index in [0.29, 0.717) is 23.0 Å². The Kier molecular flexibility index (Phi) is 6.29. The molecule has 7 heteroatoms. The Morgan fingerprint density at radius 2 is 1.83 bits per heavy atom. The molecule has 1 heterocycles. The van der Waals surface area contributed by atoms with E-state index in [-0.39, 0.29) is 11.6 Å². The lowest BCUT2D eigenvalue weighted by molar-refractivity contribution is 0.102. The average molecular weight is 392 g/mol. The van der Waals surface area contributed by atoms with E-state index in [1.54, 1.807) is 38.6 Å². The Balaban J connectivity index is 1.76. The first-order chi connectivity index (χ1) is 14.0. The highest BCUT2D eigenvalue weighted by Crippen LogP contribution is 2.30. The molecular formula is C22H24N4O3. The monoisotopic (exact) mass is 392 g/mol. The first kappa shape index (κ1) is 20.1. The minimum absolute atomic E-state index is 0.226. The number of aryl methyl sites for hydroxylation is 1. The maximum absolute atomic E-state index is 12.5. The molecule has 1 N–H and O–H groups in total. The van der Waals surface area contributed by atoms with Gasteiger partial charge in [0.15, 0.2) is 17.3 Å². The van der Waals surface area contributed by atoms with Crippen LogP contribution in [0.1, 0.15) is 23.0 Å². The highest BCUT2D eigenvalue weighted by molar-refractivity contribution is 6.02. The van der Waals surface area contributed by atoms with E-state index in [1.165, 1.54) is 11.8 Å². The molecule has 0 fully saturated rings. The number of ether oxygens (including phenoxy) is 2. The zero-order chi connectivity index (χ0) is 20.8. The molecule has 0 spiro atoms. The minimum atomic E-state index is -0.352. The summed E-state index contributed by atoms with van der Waals surface area (Å²) in [6, 6.07) is 13.3. The molecule has 0 aliphatic rings. The van der Waals surface area contributed by atoms with E-state index < -0.39 is 0 Å². The molecule has 150 valence electrons. The van der Waals surface area contributed by atoms with Crippen molar-refractivity contribution in [2.24, 2.45) is 0 Å². The average Bonchev–Trinajstić information content (AvgIpc) is 2.74.